The molecular weight excluding hydrogens is 612 g/mol. The number of benzene rings is 2. The molecule has 8 nitrogen and oxygen atoms in total. The predicted molar refractivity (Wildman–Crippen MR) is 148 cm³/mol. The molecule has 44 heavy (non-hydrogen) atoms. The van der Waals surface area contributed by atoms with E-state index in [0.29, 0.717) is 28.9 Å². The maximum Gasteiger partial charge on any atom is 0.416 e. The number of hydrogen-bond donors (Lipinski definition) is 0. The summed E-state index contributed by atoms with van der Waals surface area (Å²) >= 11 is 1.14. The van der Waals surface area contributed by atoms with Crippen molar-refractivity contribution in [2.24, 2.45) is 0 Å². The van der Waals surface area contributed by atoms with Crippen LogP contribution in [0.3, 0.4) is 0 Å². The number of carbonyl (C=O) groups excluding carboxylic acids is 2. The van der Waals surface area contributed by atoms with Gasteiger partial charge < -0.3 is 14.2 Å². The van der Waals surface area contributed by atoms with E-state index in [9.17, 15) is 35.9 Å². The van der Waals surface area contributed by atoms with Crippen LogP contribution in [0.15, 0.2) is 70.4 Å². The molecule has 1 aliphatic heterocycles. The summed E-state index contributed by atoms with van der Waals surface area (Å²) in [4.78, 5) is 29.0. The molecule has 1 fully saturated rings. The minimum atomic E-state index is -5.08. The van der Waals surface area contributed by atoms with Crippen molar-refractivity contribution in [2.45, 2.75) is 37.4 Å². The Morgan fingerprint density at radius 3 is 2.25 bits per heavy atom. The van der Waals surface area contributed by atoms with E-state index in [-0.39, 0.29) is 37.4 Å². The summed E-state index contributed by atoms with van der Waals surface area (Å²) in [6.45, 7) is 3.52. The van der Waals surface area contributed by atoms with Crippen molar-refractivity contribution in [3.63, 3.8) is 0 Å². The summed E-state index contributed by atoms with van der Waals surface area (Å²) < 4.78 is 87.2. The number of nitrogens with zero attached hydrogens (tertiary/aromatic N) is 5. The second-order valence-electron chi connectivity index (χ2n) is 10.2. The Labute approximate surface area is 251 Å². The third-order valence-electron chi connectivity index (χ3n) is 7.04. The first-order chi connectivity index (χ1) is 20.7. The maximum atomic E-state index is 13.3. The largest absolute Gasteiger partial charge is 0.461 e. The quantitative estimate of drug-likeness (QED) is 0.181. The van der Waals surface area contributed by atoms with Crippen LogP contribution in [-0.2, 0) is 17.1 Å². The minimum absolute atomic E-state index is 0.0220. The average molecular weight is 638 g/mol. The highest BCUT2D eigenvalue weighted by Gasteiger charge is 2.39. The van der Waals surface area contributed by atoms with Gasteiger partial charge in [-0.15, -0.1) is 10.2 Å². The highest BCUT2D eigenvalue weighted by atomic mass is 32.2. The Bertz CT molecular complexity index is 1640. The van der Waals surface area contributed by atoms with Crippen molar-refractivity contribution in [1.82, 2.24) is 24.6 Å². The zero-order chi connectivity index (χ0) is 31.8. The van der Waals surface area contributed by atoms with Gasteiger partial charge in [0.2, 0.25) is 11.7 Å². The molecule has 4 aromatic rings. The molecule has 0 saturated carbocycles. The van der Waals surface area contributed by atoms with Gasteiger partial charge in [-0.1, -0.05) is 23.9 Å². The molecule has 2 amide bonds. The van der Waals surface area contributed by atoms with Gasteiger partial charge in [0.15, 0.2) is 10.9 Å². The molecule has 2 aromatic carbocycles. The van der Waals surface area contributed by atoms with Gasteiger partial charge in [0, 0.05) is 31.2 Å². The van der Waals surface area contributed by atoms with E-state index < -0.39 is 41.0 Å². The molecule has 2 aromatic heterocycles. The SMILES string of the molecule is Cc1cccc(-n2c(SCC(=O)N3CCN(C(=O)c4cc(C(F)(F)F)cc(C(F)(F)F)c4)C(C)C3)nnc2-c2ccco2)c1. The summed E-state index contributed by atoms with van der Waals surface area (Å²) in [5.41, 5.74) is -2.10. The predicted octanol–water partition coefficient (Wildman–Crippen LogP) is 6.34. The number of piperazine rings is 1. The summed E-state index contributed by atoms with van der Waals surface area (Å²) in [5, 5.41) is 8.95. The number of thioether (sulfide) groups is 1. The van der Waals surface area contributed by atoms with E-state index in [1.165, 1.54) is 16.1 Å². The van der Waals surface area contributed by atoms with Gasteiger partial charge in [-0.3, -0.25) is 14.2 Å². The average Bonchev–Trinajstić information content (AvgIpc) is 3.64. The normalized spacial score (nSPS) is 16.0. The zero-order valence-corrected chi connectivity index (χ0v) is 24.1. The molecule has 15 heteroatoms. The third-order valence-corrected chi connectivity index (χ3v) is 7.95. The molecule has 0 radical (unpaired) electrons. The number of rotatable bonds is 6. The number of furan rings is 1. The standard InChI is InChI=1S/C29H25F6N5O3S/c1-17-5-3-6-22(11-17)40-25(23-7-4-10-43-23)36-37-27(40)44-16-24(41)38-8-9-39(18(2)15-38)26(42)19-12-20(28(30,31)32)14-21(13-19)29(33,34)35/h3-7,10-14,18H,8-9,15-16H2,1-2H3. The number of aryl methyl sites for hydroxylation is 1. The van der Waals surface area contributed by atoms with Crippen LogP contribution in [0.2, 0.25) is 0 Å². The number of halogens is 6. The number of hydrogen-bond acceptors (Lipinski definition) is 6. The van der Waals surface area contributed by atoms with Gasteiger partial charge in [-0.25, -0.2) is 0 Å². The maximum absolute atomic E-state index is 13.3. The number of aromatic nitrogens is 3. The Hall–Kier alpha value is -4.27. The lowest BCUT2D eigenvalue weighted by molar-refractivity contribution is -0.143. The summed E-state index contributed by atoms with van der Waals surface area (Å²) in [6, 6.07) is 11.2. The van der Waals surface area contributed by atoms with Gasteiger partial charge in [0.05, 0.1) is 28.8 Å². The van der Waals surface area contributed by atoms with Crippen LogP contribution in [0, 0.1) is 6.92 Å². The van der Waals surface area contributed by atoms with Crippen LogP contribution in [-0.4, -0.2) is 67.8 Å². The van der Waals surface area contributed by atoms with Crippen molar-refractivity contribution in [2.75, 3.05) is 25.4 Å². The van der Waals surface area contributed by atoms with Crippen LogP contribution in [0.5, 0.6) is 0 Å². The van der Waals surface area contributed by atoms with E-state index in [1.54, 1.807) is 23.6 Å². The van der Waals surface area contributed by atoms with Crippen LogP contribution in [0.1, 0.15) is 34.0 Å². The summed E-state index contributed by atoms with van der Waals surface area (Å²) in [6.07, 6.45) is -8.64. The first-order valence-electron chi connectivity index (χ1n) is 13.3. The topological polar surface area (TPSA) is 84.5 Å². The van der Waals surface area contributed by atoms with Crippen LogP contribution < -0.4 is 0 Å². The Balaban J connectivity index is 1.29. The fourth-order valence-corrected chi connectivity index (χ4v) is 5.73. The highest BCUT2D eigenvalue weighted by molar-refractivity contribution is 7.99. The fraction of sp³-hybridized carbons (Fsp3) is 0.310. The fourth-order valence-electron chi connectivity index (χ4n) is 4.88. The van der Waals surface area contributed by atoms with Gasteiger partial charge in [0.25, 0.3) is 5.91 Å². The monoisotopic (exact) mass is 637 g/mol. The van der Waals surface area contributed by atoms with E-state index in [1.807, 2.05) is 31.2 Å². The van der Waals surface area contributed by atoms with E-state index >= 15 is 0 Å². The van der Waals surface area contributed by atoms with Crippen molar-refractivity contribution in [3.05, 3.63) is 83.1 Å². The van der Waals surface area contributed by atoms with Gasteiger partial charge >= 0.3 is 12.4 Å². The molecule has 1 unspecified atom stereocenters. The molecule has 0 bridgehead atoms. The van der Waals surface area contributed by atoms with E-state index in [0.717, 1.165) is 23.0 Å². The van der Waals surface area contributed by atoms with Gasteiger partial charge in [-0.05, 0) is 61.9 Å². The molecule has 0 spiro atoms. The lowest BCUT2D eigenvalue weighted by Crippen LogP contribution is -2.55. The lowest BCUT2D eigenvalue weighted by atomic mass is 10.0. The summed E-state index contributed by atoms with van der Waals surface area (Å²) in [7, 11) is 0. The Morgan fingerprint density at radius 2 is 1.66 bits per heavy atom. The van der Waals surface area contributed by atoms with Crippen LogP contribution in [0.4, 0.5) is 26.3 Å². The molecule has 0 N–H and O–H groups in total. The zero-order valence-electron chi connectivity index (χ0n) is 23.3. The Morgan fingerprint density at radius 1 is 0.955 bits per heavy atom. The lowest BCUT2D eigenvalue weighted by Gasteiger charge is -2.40. The summed E-state index contributed by atoms with van der Waals surface area (Å²) in [5.74, 6) is -0.377. The van der Waals surface area contributed by atoms with E-state index in [4.69, 9.17) is 4.42 Å². The molecule has 1 aliphatic rings. The second-order valence-corrected chi connectivity index (χ2v) is 11.2. The number of amides is 2. The molecule has 232 valence electrons. The number of alkyl halides is 6. The molecule has 1 saturated heterocycles. The molecule has 5 rings (SSSR count). The van der Waals surface area contributed by atoms with Crippen LogP contribution >= 0.6 is 11.8 Å². The van der Waals surface area contributed by atoms with Crippen molar-refractivity contribution in [1.29, 1.82) is 0 Å². The first-order valence-corrected chi connectivity index (χ1v) is 14.3. The van der Waals surface area contributed by atoms with Crippen molar-refractivity contribution >= 4 is 23.6 Å². The smallest absolute Gasteiger partial charge is 0.416 e. The third kappa shape index (κ3) is 6.61. The van der Waals surface area contributed by atoms with Crippen molar-refractivity contribution < 1.29 is 40.3 Å². The molecule has 1 atom stereocenters. The van der Waals surface area contributed by atoms with Crippen molar-refractivity contribution in [3.8, 4) is 17.3 Å². The van der Waals surface area contributed by atoms with Gasteiger partial charge in [-0.2, -0.15) is 26.3 Å². The molecule has 0 aliphatic carbocycles. The van der Waals surface area contributed by atoms with Crippen LogP contribution in [0.25, 0.3) is 17.3 Å². The second kappa shape index (κ2) is 12.0. The first kappa shape index (κ1) is 31.2. The number of carbonyl (C=O) groups is 2. The van der Waals surface area contributed by atoms with E-state index in [2.05, 4.69) is 10.2 Å². The molecular formula is C29H25F6N5O3S. The minimum Gasteiger partial charge on any atom is -0.461 e. The molecule has 3 heterocycles. The Kier molecular flexibility index (Phi) is 8.51. The van der Waals surface area contributed by atoms with Gasteiger partial charge in [0.1, 0.15) is 0 Å². The highest BCUT2D eigenvalue weighted by Crippen LogP contribution is 2.37.